The number of hydrogen-bond donors (Lipinski definition) is 3. The molecule has 0 spiro atoms. The highest BCUT2D eigenvalue weighted by molar-refractivity contribution is 7.80. The van der Waals surface area contributed by atoms with Crippen LogP contribution in [0, 0.1) is 0 Å². The first-order valence-electron chi connectivity index (χ1n) is 4.88. The zero-order valence-electron chi connectivity index (χ0n) is 9.25. The van der Waals surface area contributed by atoms with E-state index < -0.39 is 12.2 Å². The smallest absolute Gasteiger partial charge is 0.109 e. The largest absolute Gasteiger partial charge is 0.389 e. The van der Waals surface area contributed by atoms with Gasteiger partial charge in [0, 0.05) is 17.5 Å². The van der Waals surface area contributed by atoms with Gasteiger partial charge in [0.25, 0.3) is 0 Å². The van der Waals surface area contributed by atoms with Crippen molar-refractivity contribution in [2.45, 2.75) is 38.5 Å². The van der Waals surface area contributed by atoms with Crippen LogP contribution in [0.15, 0.2) is 12.4 Å². The van der Waals surface area contributed by atoms with Crippen LogP contribution in [-0.4, -0.2) is 31.9 Å². The Morgan fingerprint density at radius 3 is 2.47 bits per heavy atom. The highest BCUT2D eigenvalue weighted by Crippen LogP contribution is 2.20. The standard InChI is InChI=1S/C10H18N2O2S/c1-10(2,3)12-5-7(4-11-12)9(14)8(13)6-15/h4-5,8-9,13-15H,6H2,1-3H3. The summed E-state index contributed by atoms with van der Waals surface area (Å²) in [6.07, 6.45) is 1.55. The van der Waals surface area contributed by atoms with Crippen molar-refractivity contribution in [2.75, 3.05) is 5.75 Å². The van der Waals surface area contributed by atoms with Gasteiger partial charge in [0.1, 0.15) is 6.10 Å². The van der Waals surface area contributed by atoms with Gasteiger partial charge in [-0.05, 0) is 20.8 Å². The lowest BCUT2D eigenvalue weighted by atomic mass is 10.1. The van der Waals surface area contributed by atoms with Gasteiger partial charge < -0.3 is 10.2 Å². The number of thiol groups is 1. The Kier molecular flexibility index (Phi) is 3.81. The Balaban J connectivity index is 2.85. The molecule has 1 aromatic rings. The topological polar surface area (TPSA) is 58.3 Å². The summed E-state index contributed by atoms with van der Waals surface area (Å²) in [5, 5.41) is 23.3. The number of rotatable bonds is 3. The highest BCUT2D eigenvalue weighted by atomic mass is 32.1. The maximum atomic E-state index is 9.72. The van der Waals surface area contributed by atoms with Crippen molar-refractivity contribution >= 4 is 12.6 Å². The molecular formula is C10H18N2O2S. The van der Waals surface area contributed by atoms with Crippen molar-refractivity contribution in [2.24, 2.45) is 0 Å². The number of hydrogen-bond acceptors (Lipinski definition) is 4. The van der Waals surface area contributed by atoms with Crippen molar-refractivity contribution in [1.82, 2.24) is 9.78 Å². The van der Waals surface area contributed by atoms with Crippen LogP contribution >= 0.6 is 12.6 Å². The van der Waals surface area contributed by atoms with E-state index in [9.17, 15) is 10.2 Å². The fourth-order valence-electron chi connectivity index (χ4n) is 1.18. The summed E-state index contributed by atoms with van der Waals surface area (Å²) < 4.78 is 1.76. The molecule has 2 unspecified atom stereocenters. The van der Waals surface area contributed by atoms with Crippen LogP contribution in [0.25, 0.3) is 0 Å². The summed E-state index contributed by atoms with van der Waals surface area (Å²) in [5.41, 5.74) is 0.496. The van der Waals surface area contributed by atoms with Crippen molar-refractivity contribution in [1.29, 1.82) is 0 Å². The highest BCUT2D eigenvalue weighted by Gasteiger charge is 2.21. The lowest BCUT2D eigenvalue weighted by Gasteiger charge is -2.19. The average molecular weight is 230 g/mol. The molecule has 4 nitrogen and oxygen atoms in total. The Labute approximate surface area is 95.3 Å². The van der Waals surface area contributed by atoms with E-state index >= 15 is 0 Å². The maximum Gasteiger partial charge on any atom is 0.109 e. The quantitative estimate of drug-likeness (QED) is 0.678. The first-order valence-corrected chi connectivity index (χ1v) is 5.51. The zero-order chi connectivity index (χ0) is 11.6. The molecule has 1 aromatic heterocycles. The fourth-order valence-corrected chi connectivity index (χ4v) is 1.38. The zero-order valence-corrected chi connectivity index (χ0v) is 10.1. The van der Waals surface area contributed by atoms with Crippen molar-refractivity contribution in [3.8, 4) is 0 Å². The van der Waals surface area contributed by atoms with E-state index in [1.807, 2.05) is 20.8 Å². The molecule has 0 aliphatic heterocycles. The fraction of sp³-hybridized carbons (Fsp3) is 0.700. The molecule has 5 heteroatoms. The number of aromatic nitrogens is 2. The monoisotopic (exact) mass is 230 g/mol. The predicted molar refractivity (Wildman–Crippen MR) is 62.0 cm³/mol. The third-order valence-corrected chi connectivity index (χ3v) is 2.56. The molecule has 0 aliphatic carbocycles. The number of nitrogens with zero attached hydrogens (tertiary/aromatic N) is 2. The van der Waals surface area contributed by atoms with E-state index in [0.29, 0.717) is 5.56 Å². The van der Waals surface area contributed by atoms with Gasteiger partial charge in [-0.25, -0.2) is 0 Å². The molecule has 0 aromatic carbocycles. The van der Waals surface area contributed by atoms with E-state index in [1.165, 1.54) is 0 Å². The minimum atomic E-state index is -0.918. The van der Waals surface area contributed by atoms with E-state index in [0.717, 1.165) is 0 Å². The van der Waals surface area contributed by atoms with Crippen LogP contribution < -0.4 is 0 Å². The summed E-state index contributed by atoms with van der Waals surface area (Å²) in [6, 6.07) is 0. The molecule has 0 amide bonds. The van der Waals surface area contributed by atoms with Gasteiger partial charge in [-0.1, -0.05) is 0 Å². The van der Waals surface area contributed by atoms with Crippen LogP contribution in [0.2, 0.25) is 0 Å². The van der Waals surface area contributed by atoms with Crippen molar-refractivity contribution in [3.05, 3.63) is 18.0 Å². The van der Waals surface area contributed by atoms with Gasteiger partial charge >= 0.3 is 0 Å². The average Bonchev–Trinajstić information content (AvgIpc) is 2.63. The van der Waals surface area contributed by atoms with Crippen LogP contribution in [0.1, 0.15) is 32.4 Å². The SMILES string of the molecule is CC(C)(C)n1cc(C(O)C(O)CS)cn1. The lowest BCUT2D eigenvalue weighted by Crippen LogP contribution is -2.22. The Morgan fingerprint density at radius 2 is 2.07 bits per heavy atom. The van der Waals surface area contributed by atoms with Gasteiger partial charge in [-0.2, -0.15) is 17.7 Å². The second-order valence-electron chi connectivity index (χ2n) is 4.58. The minimum absolute atomic E-state index is 0.121. The van der Waals surface area contributed by atoms with Crippen molar-refractivity contribution in [3.63, 3.8) is 0 Å². The molecule has 1 heterocycles. The first-order chi connectivity index (χ1) is 6.86. The molecule has 15 heavy (non-hydrogen) atoms. The maximum absolute atomic E-state index is 9.72. The van der Waals surface area contributed by atoms with E-state index in [4.69, 9.17) is 0 Å². The molecule has 0 fully saturated rings. The Hall–Kier alpha value is -0.520. The summed E-state index contributed by atoms with van der Waals surface area (Å²) in [5.74, 6) is 0.224. The van der Waals surface area contributed by atoms with E-state index in [-0.39, 0.29) is 11.3 Å². The third kappa shape index (κ3) is 2.96. The van der Waals surface area contributed by atoms with Crippen LogP contribution in [0.5, 0.6) is 0 Å². The van der Waals surface area contributed by atoms with E-state index in [2.05, 4.69) is 17.7 Å². The molecule has 0 saturated heterocycles. The van der Waals surface area contributed by atoms with Crippen molar-refractivity contribution < 1.29 is 10.2 Å². The minimum Gasteiger partial charge on any atom is -0.389 e. The summed E-state index contributed by atoms with van der Waals surface area (Å²) >= 11 is 3.93. The molecule has 2 atom stereocenters. The number of aliphatic hydroxyl groups excluding tert-OH is 2. The Morgan fingerprint density at radius 1 is 1.47 bits per heavy atom. The lowest BCUT2D eigenvalue weighted by molar-refractivity contribution is 0.0336. The molecule has 1 rings (SSSR count). The second kappa shape index (κ2) is 4.55. The van der Waals surface area contributed by atoms with Gasteiger partial charge in [-0.15, -0.1) is 0 Å². The molecule has 86 valence electrons. The van der Waals surface area contributed by atoms with Gasteiger partial charge in [0.2, 0.25) is 0 Å². The van der Waals surface area contributed by atoms with Gasteiger partial charge in [0.15, 0.2) is 0 Å². The predicted octanol–water partition coefficient (Wildman–Crippen LogP) is 0.962. The Bertz CT molecular complexity index is 319. The summed E-state index contributed by atoms with van der Waals surface area (Å²) in [6.45, 7) is 6.06. The molecule has 0 saturated carbocycles. The molecular weight excluding hydrogens is 212 g/mol. The van der Waals surface area contributed by atoms with Gasteiger partial charge in [0.05, 0.1) is 17.8 Å². The number of aliphatic hydroxyl groups is 2. The molecule has 0 aliphatic rings. The van der Waals surface area contributed by atoms with Crippen LogP contribution in [-0.2, 0) is 5.54 Å². The summed E-state index contributed by atoms with van der Waals surface area (Å²) in [7, 11) is 0. The first kappa shape index (κ1) is 12.5. The third-order valence-electron chi connectivity index (χ3n) is 2.18. The second-order valence-corrected chi connectivity index (χ2v) is 4.95. The van der Waals surface area contributed by atoms with Crippen LogP contribution in [0.3, 0.4) is 0 Å². The molecule has 0 bridgehead atoms. The van der Waals surface area contributed by atoms with Gasteiger partial charge in [-0.3, -0.25) is 4.68 Å². The molecule has 2 N–H and O–H groups in total. The normalized spacial score (nSPS) is 16.4. The van der Waals surface area contributed by atoms with E-state index in [1.54, 1.807) is 17.1 Å². The summed E-state index contributed by atoms with van der Waals surface area (Å²) in [4.78, 5) is 0. The molecule has 0 radical (unpaired) electrons. The van der Waals surface area contributed by atoms with Crippen LogP contribution in [0.4, 0.5) is 0 Å².